The normalized spacial score (nSPS) is 10.5. The van der Waals surface area contributed by atoms with E-state index in [4.69, 9.17) is 5.26 Å². The van der Waals surface area contributed by atoms with E-state index < -0.39 is 17.5 Å². The highest BCUT2D eigenvalue weighted by atomic mass is 19.4. The van der Waals surface area contributed by atoms with Gasteiger partial charge in [-0.1, -0.05) is 44.6 Å². The lowest BCUT2D eigenvalue weighted by Crippen LogP contribution is -2.07. The van der Waals surface area contributed by atoms with Crippen molar-refractivity contribution >= 4 is 5.71 Å². The number of nitrogens with zero attached hydrogens (tertiary/aromatic N) is 2. The van der Waals surface area contributed by atoms with E-state index in [0.29, 0.717) is 17.2 Å². The molecule has 0 radical (unpaired) electrons. The highest BCUT2D eigenvalue weighted by molar-refractivity contribution is 5.79. The van der Waals surface area contributed by atoms with E-state index in [1.54, 1.807) is 18.2 Å². The Bertz CT molecular complexity index is 1090. The lowest BCUT2D eigenvalue weighted by molar-refractivity contribution is -0.137. The van der Waals surface area contributed by atoms with E-state index in [2.05, 4.69) is 36.7 Å². The van der Waals surface area contributed by atoms with Gasteiger partial charge >= 0.3 is 6.18 Å². The first-order chi connectivity index (χ1) is 16.1. The number of hydrogen-bond acceptors (Lipinski definition) is 3. The first-order valence-electron chi connectivity index (χ1n) is 11.2. The molecule has 0 aliphatic rings. The predicted molar refractivity (Wildman–Crippen MR) is 132 cm³/mol. The van der Waals surface area contributed by atoms with Crippen LogP contribution in [0.3, 0.4) is 0 Å². The molecule has 0 saturated carbocycles. The minimum atomic E-state index is -4.60. The highest BCUT2D eigenvalue weighted by Crippen LogP contribution is 2.33. The second-order valence-electron chi connectivity index (χ2n) is 7.79. The van der Waals surface area contributed by atoms with Gasteiger partial charge in [-0.15, -0.1) is 0 Å². The van der Waals surface area contributed by atoms with Gasteiger partial charge in [-0.2, -0.15) is 18.4 Å². The lowest BCUT2D eigenvalue weighted by Gasteiger charge is -2.09. The summed E-state index contributed by atoms with van der Waals surface area (Å²) < 4.78 is 39.4. The third-order valence-corrected chi connectivity index (χ3v) is 4.60. The van der Waals surface area contributed by atoms with Crippen molar-refractivity contribution < 1.29 is 18.3 Å². The van der Waals surface area contributed by atoms with E-state index >= 15 is 0 Å². The molecule has 0 fully saturated rings. The van der Waals surface area contributed by atoms with Gasteiger partial charge in [0.15, 0.2) is 0 Å². The summed E-state index contributed by atoms with van der Waals surface area (Å²) in [5.74, 6) is 4.91. The fourth-order valence-electron chi connectivity index (χ4n) is 2.88. The van der Waals surface area contributed by atoms with Crippen LogP contribution in [0.5, 0.6) is 5.75 Å². The quantitative estimate of drug-likeness (QED) is 0.267. The summed E-state index contributed by atoms with van der Waals surface area (Å²) in [5, 5.41) is 18.4. The van der Waals surface area contributed by atoms with Crippen molar-refractivity contribution in [3.8, 4) is 23.7 Å². The monoisotopic (exact) mass is 468 g/mol. The maximum Gasteiger partial charge on any atom is 0.417 e. The van der Waals surface area contributed by atoms with Crippen molar-refractivity contribution in [3.63, 3.8) is 0 Å². The molecule has 0 unspecified atom stereocenters. The molecule has 0 aromatic heterocycles. The highest BCUT2D eigenvalue weighted by Gasteiger charge is 2.33. The van der Waals surface area contributed by atoms with E-state index in [1.165, 1.54) is 6.07 Å². The van der Waals surface area contributed by atoms with Crippen LogP contribution in [0.25, 0.3) is 0 Å². The third-order valence-electron chi connectivity index (χ3n) is 4.60. The van der Waals surface area contributed by atoms with E-state index in [1.807, 2.05) is 26.1 Å². The van der Waals surface area contributed by atoms with Crippen LogP contribution >= 0.6 is 0 Å². The summed E-state index contributed by atoms with van der Waals surface area (Å²) in [4.78, 5) is 4.05. The summed E-state index contributed by atoms with van der Waals surface area (Å²) in [6.07, 6.45) is 4.06. The molecule has 0 heterocycles. The summed E-state index contributed by atoms with van der Waals surface area (Å²) in [5.41, 5.74) is 1.92. The molecule has 34 heavy (non-hydrogen) atoms. The molecule has 180 valence electrons. The molecular formula is C28H31F3N2O. The van der Waals surface area contributed by atoms with E-state index in [-0.39, 0.29) is 5.56 Å². The van der Waals surface area contributed by atoms with Crippen LogP contribution in [0.15, 0.2) is 53.7 Å². The number of phenolic OH excluding ortho intramolecular Hbond substituents is 1. The fraction of sp³-hybridized carbons (Fsp3) is 0.357. The standard InChI is InChI=1S/C21H18F3NO.C7H13N/c1-2-3-4-5-18-12-15(14-25)6-7-16(18)8-9-17-10-11-19(26)13-20(17)21(22,23)24;1-4-5-6-8-7(2)3/h6-7,10-13,26H,2-5H2,1H3;5-6H,4H2,1-3H3/b;6-5-. The Morgan fingerprint density at radius 3 is 2.29 bits per heavy atom. The number of alkyl halides is 3. The molecule has 0 spiro atoms. The number of benzene rings is 2. The van der Waals surface area contributed by atoms with Gasteiger partial charge in [0.05, 0.1) is 17.2 Å². The van der Waals surface area contributed by atoms with Crippen LogP contribution in [-0.2, 0) is 12.6 Å². The number of aliphatic imine (C=N–C) groups is 1. The third kappa shape index (κ3) is 10.4. The Morgan fingerprint density at radius 1 is 1.03 bits per heavy atom. The summed E-state index contributed by atoms with van der Waals surface area (Å²) in [6, 6.07) is 10.1. The van der Waals surface area contributed by atoms with Crippen LogP contribution in [0.1, 0.15) is 81.2 Å². The molecule has 0 bridgehead atoms. The van der Waals surface area contributed by atoms with Gasteiger partial charge in [-0.05, 0) is 75.1 Å². The first kappa shape index (κ1) is 28.5. The average molecular weight is 469 g/mol. The molecule has 0 aliphatic carbocycles. The van der Waals surface area contributed by atoms with Crippen LogP contribution in [-0.4, -0.2) is 10.8 Å². The Balaban J connectivity index is 0.000000620. The molecule has 0 amide bonds. The zero-order valence-corrected chi connectivity index (χ0v) is 20.1. The number of halogens is 3. The van der Waals surface area contributed by atoms with Gasteiger partial charge in [0.25, 0.3) is 0 Å². The van der Waals surface area contributed by atoms with Gasteiger partial charge in [-0.25, -0.2) is 0 Å². The maximum atomic E-state index is 13.1. The van der Waals surface area contributed by atoms with E-state index in [9.17, 15) is 18.3 Å². The van der Waals surface area contributed by atoms with Crippen molar-refractivity contribution in [2.75, 3.05) is 0 Å². The molecule has 2 aromatic rings. The van der Waals surface area contributed by atoms with Crippen molar-refractivity contribution in [1.29, 1.82) is 5.26 Å². The SMILES string of the molecule is CC/C=C\N=C(C)C.CCCCCc1cc(C#N)ccc1C#Cc1ccc(O)cc1C(F)(F)F. The molecule has 6 heteroatoms. The van der Waals surface area contributed by atoms with Crippen LogP contribution < -0.4 is 0 Å². The number of aryl methyl sites for hydroxylation is 1. The number of unbranched alkanes of at least 4 members (excludes halogenated alkanes) is 2. The molecule has 3 nitrogen and oxygen atoms in total. The number of nitriles is 1. The maximum absolute atomic E-state index is 13.1. The largest absolute Gasteiger partial charge is 0.508 e. The van der Waals surface area contributed by atoms with Gasteiger partial charge in [0.1, 0.15) is 5.75 Å². The molecule has 0 saturated heterocycles. The summed E-state index contributed by atoms with van der Waals surface area (Å²) >= 11 is 0. The number of aromatic hydroxyl groups is 1. The van der Waals surface area contributed by atoms with Gasteiger partial charge in [0.2, 0.25) is 0 Å². The fourth-order valence-corrected chi connectivity index (χ4v) is 2.88. The van der Waals surface area contributed by atoms with Gasteiger partial charge in [-0.3, -0.25) is 4.99 Å². The number of hydrogen-bond donors (Lipinski definition) is 1. The van der Waals surface area contributed by atoms with Crippen molar-refractivity contribution in [2.24, 2.45) is 4.99 Å². The van der Waals surface area contributed by atoms with Gasteiger partial charge < -0.3 is 5.11 Å². The van der Waals surface area contributed by atoms with Crippen molar-refractivity contribution in [1.82, 2.24) is 0 Å². The molecule has 1 N–H and O–H groups in total. The van der Waals surface area contributed by atoms with E-state index in [0.717, 1.165) is 49.4 Å². The predicted octanol–water partition coefficient (Wildman–Crippen LogP) is 7.81. The molecular weight excluding hydrogens is 437 g/mol. The Hall–Kier alpha value is -3.51. The summed E-state index contributed by atoms with van der Waals surface area (Å²) in [7, 11) is 0. The Morgan fingerprint density at radius 2 is 1.71 bits per heavy atom. The zero-order chi connectivity index (χ0) is 25.6. The number of allylic oxidation sites excluding steroid dienone is 1. The Kier molecular flexibility index (Phi) is 12.2. The molecule has 0 atom stereocenters. The number of phenols is 1. The molecule has 2 aromatic carbocycles. The smallest absolute Gasteiger partial charge is 0.417 e. The minimum absolute atomic E-state index is 0.195. The van der Waals surface area contributed by atoms with Crippen LogP contribution in [0.2, 0.25) is 0 Å². The van der Waals surface area contributed by atoms with Crippen LogP contribution in [0, 0.1) is 23.2 Å². The Labute approximate surface area is 200 Å². The van der Waals surface area contributed by atoms with Crippen LogP contribution in [0.4, 0.5) is 13.2 Å². The first-order valence-corrected chi connectivity index (χ1v) is 11.2. The van der Waals surface area contributed by atoms with Gasteiger partial charge in [0, 0.05) is 23.0 Å². The van der Waals surface area contributed by atoms with Crippen molar-refractivity contribution in [2.45, 2.75) is 66.0 Å². The molecule has 2 rings (SSSR count). The zero-order valence-electron chi connectivity index (χ0n) is 20.1. The topological polar surface area (TPSA) is 56.4 Å². The van der Waals surface area contributed by atoms with Crippen molar-refractivity contribution in [3.05, 3.63) is 76.5 Å². The second-order valence-corrected chi connectivity index (χ2v) is 7.79. The molecule has 0 aliphatic heterocycles. The lowest BCUT2D eigenvalue weighted by atomic mass is 9.98. The minimum Gasteiger partial charge on any atom is -0.508 e. The number of rotatable bonds is 6. The summed E-state index contributed by atoms with van der Waals surface area (Å²) in [6.45, 7) is 8.15. The average Bonchev–Trinajstić information content (AvgIpc) is 2.78. The second kappa shape index (κ2) is 14.6.